The molecule has 3 aromatic heterocycles. The van der Waals surface area contributed by atoms with Crippen molar-refractivity contribution in [3.63, 3.8) is 0 Å². The van der Waals surface area contributed by atoms with Crippen LogP contribution in [0.3, 0.4) is 0 Å². The Morgan fingerprint density at radius 2 is 0.500 bits per heavy atom. The summed E-state index contributed by atoms with van der Waals surface area (Å²) in [5.41, 5.74) is 10.5. The molecule has 5 heteroatoms. The van der Waals surface area contributed by atoms with Gasteiger partial charge in [-0.25, -0.2) is 24.9 Å². The first-order valence-corrected chi connectivity index (χ1v) is 20.1. The van der Waals surface area contributed by atoms with E-state index in [1.807, 2.05) is 72.8 Å². The van der Waals surface area contributed by atoms with Gasteiger partial charge >= 0.3 is 0 Å². The number of rotatable bonds is 7. The Morgan fingerprint density at radius 3 is 0.867 bits per heavy atom. The molecule has 0 saturated carbocycles. The molecule has 8 aromatic carbocycles. The lowest BCUT2D eigenvalue weighted by Crippen LogP contribution is -2.01. The molecular formula is C55H35N5. The van der Waals surface area contributed by atoms with Crippen molar-refractivity contribution in [2.75, 3.05) is 0 Å². The fourth-order valence-corrected chi connectivity index (χ4v) is 8.16. The lowest BCUT2D eigenvalue weighted by Gasteiger charge is -2.14. The minimum atomic E-state index is 0.512. The van der Waals surface area contributed by atoms with Crippen molar-refractivity contribution >= 4 is 32.3 Å². The van der Waals surface area contributed by atoms with Gasteiger partial charge in [-0.2, -0.15) is 0 Å². The molecule has 0 spiro atoms. The van der Waals surface area contributed by atoms with Crippen LogP contribution in [0.2, 0.25) is 0 Å². The lowest BCUT2D eigenvalue weighted by atomic mass is 9.92. The molecule has 0 atom stereocenters. The van der Waals surface area contributed by atoms with Crippen LogP contribution in [0.5, 0.6) is 0 Å². The van der Waals surface area contributed by atoms with Crippen LogP contribution in [0.15, 0.2) is 212 Å². The second kappa shape index (κ2) is 15.0. The highest BCUT2D eigenvalue weighted by atomic mass is 15.0. The molecule has 3 heterocycles. The summed E-state index contributed by atoms with van der Waals surface area (Å²) in [6.07, 6.45) is 0. The molecule has 0 saturated heterocycles. The minimum Gasteiger partial charge on any atom is -0.241 e. The summed E-state index contributed by atoms with van der Waals surface area (Å²) in [6, 6.07) is 73.4. The van der Waals surface area contributed by atoms with Gasteiger partial charge in [0.15, 0.2) is 11.6 Å². The Kier molecular flexibility index (Phi) is 8.75. The van der Waals surface area contributed by atoms with Gasteiger partial charge in [-0.15, -0.1) is 0 Å². The van der Waals surface area contributed by atoms with E-state index in [0.29, 0.717) is 23.0 Å². The van der Waals surface area contributed by atoms with Crippen molar-refractivity contribution in [2.24, 2.45) is 0 Å². The third-order valence-corrected chi connectivity index (χ3v) is 11.1. The van der Waals surface area contributed by atoms with E-state index in [1.165, 1.54) is 32.3 Å². The van der Waals surface area contributed by atoms with Crippen LogP contribution in [0.4, 0.5) is 0 Å². The van der Waals surface area contributed by atoms with Crippen LogP contribution in [-0.2, 0) is 0 Å². The maximum atomic E-state index is 5.34. The number of aromatic nitrogens is 5. The van der Waals surface area contributed by atoms with Crippen molar-refractivity contribution in [3.05, 3.63) is 212 Å². The lowest BCUT2D eigenvalue weighted by molar-refractivity contribution is 1.12. The average Bonchev–Trinajstić information content (AvgIpc) is 3.34. The van der Waals surface area contributed by atoms with Gasteiger partial charge in [-0.05, 0) is 73.8 Å². The predicted molar refractivity (Wildman–Crippen MR) is 246 cm³/mol. The summed E-state index contributed by atoms with van der Waals surface area (Å²) in [7, 11) is 0. The highest BCUT2D eigenvalue weighted by molar-refractivity contribution is 6.25. The van der Waals surface area contributed by atoms with Gasteiger partial charge in [0.1, 0.15) is 11.4 Å². The van der Waals surface area contributed by atoms with E-state index in [-0.39, 0.29) is 0 Å². The molecule has 0 aliphatic heterocycles. The first kappa shape index (κ1) is 35.0. The van der Waals surface area contributed by atoms with Crippen LogP contribution in [-0.4, -0.2) is 24.9 Å². The average molecular weight is 766 g/mol. The first-order chi connectivity index (χ1) is 29.7. The van der Waals surface area contributed by atoms with Crippen LogP contribution < -0.4 is 0 Å². The zero-order valence-corrected chi connectivity index (χ0v) is 32.4. The van der Waals surface area contributed by atoms with E-state index in [2.05, 4.69) is 140 Å². The fraction of sp³-hybridized carbons (Fsp3) is 0. The molecule has 280 valence electrons. The number of pyridine rings is 1. The molecule has 0 N–H and O–H groups in total. The van der Waals surface area contributed by atoms with Crippen LogP contribution in [0, 0.1) is 0 Å². The van der Waals surface area contributed by atoms with Crippen LogP contribution >= 0.6 is 0 Å². The summed E-state index contributed by atoms with van der Waals surface area (Å²) in [6.45, 7) is 0. The highest BCUT2D eigenvalue weighted by Gasteiger charge is 2.19. The summed E-state index contributed by atoms with van der Waals surface area (Å²) >= 11 is 0. The zero-order chi connectivity index (χ0) is 39.8. The van der Waals surface area contributed by atoms with E-state index in [1.54, 1.807) is 0 Å². The number of benzene rings is 8. The smallest absolute Gasteiger partial charge is 0.179 e. The monoisotopic (exact) mass is 765 g/mol. The van der Waals surface area contributed by atoms with E-state index in [9.17, 15) is 0 Å². The van der Waals surface area contributed by atoms with E-state index in [0.717, 1.165) is 56.2 Å². The number of fused-ring (bicyclic) bond motifs is 6. The maximum absolute atomic E-state index is 5.34. The molecule has 0 unspecified atom stereocenters. The Hall–Kier alpha value is -8.15. The van der Waals surface area contributed by atoms with Crippen molar-refractivity contribution in [1.82, 2.24) is 24.9 Å². The van der Waals surface area contributed by atoms with Crippen molar-refractivity contribution < 1.29 is 0 Å². The topological polar surface area (TPSA) is 64.5 Å². The molecule has 11 aromatic rings. The van der Waals surface area contributed by atoms with Crippen molar-refractivity contribution in [2.45, 2.75) is 0 Å². The third kappa shape index (κ3) is 6.54. The van der Waals surface area contributed by atoms with Crippen molar-refractivity contribution in [1.29, 1.82) is 0 Å². The van der Waals surface area contributed by atoms with Gasteiger partial charge in [-0.1, -0.05) is 182 Å². The molecule has 0 aliphatic rings. The number of hydrogen-bond donors (Lipinski definition) is 0. The Labute approximate surface area is 347 Å². The van der Waals surface area contributed by atoms with Gasteiger partial charge in [0.25, 0.3) is 0 Å². The molecule has 0 amide bonds. The predicted octanol–water partition coefficient (Wildman–Crippen LogP) is 13.8. The van der Waals surface area contributed by atoms with Gasteiger partial charge in [0, 0.05) is 22.3 Å². The van der Waals surface area contributed by atoms with E-state index < -0.39 is 0 Å². The second-order valence-electron chi connectivity index (χ2n) is 14.9. The van der Waals surface area contributed by atoms with Crippen LogP contribution in [0.25, 0.3) is 112 Å². The Morgan fingerprint density at radius 1 is 0.183 bits per heavy atom. The molecule has 0 aliphatic carbocycles. The number of hydrogen-bond acceptors (Lipinski definition) is 5. The Balaban J connectivity index is 1.18. The summed E-state index contributed by atoms with van der Waals surface area (Å²) < 4.78 is 0. The van der Waals surface area contributed by atoms with Crippen molar-refractivity contribution in [3.8, 4) is 79.2 Å². The molecule has 5 nitrogen and oxygen atoms in total. The molecule has 0 radical (unpaired) electrons. The zero-order valence-electron chi connectivity index (χ0n) is 32.4. The minimum absolute atomic E-state index is 0.512. The standard InChI is InChI=1S/C55H35N5/c1-5-17-36(18-6-1)48-34-49(37-19-7-2-8-20-37)58-54(57-48)52-32-41(40-29-30-46-44-27-14-13-25-42(44)43-26-15-16-28-45(43)47(46)31-40)33-53(56-52)55-59-50(38-21-9-3-10-22-38)35-51(60-55)39-23-11-4-12-24-39/h1-35H. The summed E-state index contributed by atoms with van der Waals surface area (Å²) in [5, 5.41) is 7.31. The molecule has 60 heavy (non-hydrogen) atoms. The van der Waals surface area contributed by atoms with Gasteiger partial charge < -0.3 is 0 Å². The van der Waals surface area contributed by atoms with Gasteiger partial charge in [-0.3, -0.25) is 0 Å². The fourth-order valence-electron chi connectivity index (χ4n) is 8.16. The SMILES string of the molecule is c1ccc(-c2cc(-c3ccccc3)nc(-c3cc(-c4ccc5c6ccccc6c6ccccc6c5c4)cc(-c4nc(-c5ccccc5)cc(-c5ccccc5)n4)n3)n2)cc1. The first-order valence-electron chi connectivity index (χ1n) is 20.1. The summed E-state index contributed by atoms with van der Waals surface area (Å²) in [4.78, 5) is 26.2. The van der Waals surface area contributed by atoms with Gasteiger partial charge in [0.05, 0.1) is 22.8 Å². The van der Waals surface area contributed by atoms with Crippen LogP contribution in [0.1, 0.15) is 0 Å². The molecule has 11 rings (SSSR count). The van der Waals surface area contributed by atoms with E-state index >= 15 is 0 Å². The van der Waals surface area contributed by atoms with Gasteiger partial charge in [0.2, 0.25) is 0 Å². The normalized spacial score (nSPS) is 11.3. The second-order valence-corrected chi connectivity index (χ2v) is 14.9. The van der Waals surface area contributed by atoms with E-state index in [4.69, 9.17) is 24.9 Å². The highest BCUT2D eigenvalue weighted by Crippen LogP contribution is 2.39. The number of nitrogens with zero attached hydrogens (tertiary/aromatic N) is 5. The largest absolute Gasteiger partial charge is 0.241 e. The third-order valence-electron chi connectivity index (χ3n) is 11.1. The summed E-state index contributed by atoms with van der Waals surface area (Å²) in [5.74, 6) is 1.02. The molecule has 0 bridgehead atoms. The quantitative estimate of drug-likeness (QED) is 0.151. The maximum Gasteiger partial charge on any atom is 0.179 e. The Bertz CT molecular complexity index is 3060. The molecule has 0 fully saturated rings. The molecular weight excluding hydrogens is 731 g/mol.